The number of likely N-dealkylation sites (tertiary alicyclic amines) is 1. The minimum atomic E-state index is -0.185. The average molecular weight is 411 g/mol. The van der Waals surface area contributed by atoms with Crippen LogP contribution in [-0.2, 0) is 4.79 Å². The number of hydrogen-bond acceptors (Lipinski definition) is 3. The van der Waals surface area contributed by atoms with E-state index in [4.69, 9.17) is 4.42 Å². The van der Waals surface area contributed by atoms with E-state index in [1.54, 1.807) is 11.0 Å². The first-order valence-electron chi connectivity index (χ1n) is 11.1. The molecule has 1 saturated heterocycles. The highest BCUT2D eigenvalue weighted by Crippen LogP contribution is 2.27. The molecule has 0 aliphatic carbocycles. The van der Waals surface area contributed by atoms with Crippen molar-refractivity contribution in [3.8, 4) is 0 Å². The van der Waals surface area contributed by atoms with Crippen molar-refractivity contribution in [3.05, 3.63) is 59.5 Å². The predicted molar refractivity (Wildman–Crippen MR) is 118 cm³/mol. The third-order valence-electron chi connectivity index (χ3n) is 6.29. The van der Waals surface area contributed by atoms with E-state index < -0.39 is 0 Å². The minimum absolute atomic E-state index is 0.0318. The summed E-state index contributed by atoms with van der Waals surface area (Å²) in [6.45, 7) is 9.81. The van der Waals surface area contributed by atoms with E-state index in [0.29, 0.717) is 24.6 Å². The Bertz CT molecular complexity index is 827. The van der Waals surface area contributed by atoms with Gasteiger partial charge in [-0.15, -0.1) is 0 Å². The van der Waals surface area contributed by atoms with Crippen molar-refractivity contribution in [2.75, 3.05) is 13.1 Å². The molecule has 3 atom stereocenters. The molecule has 0 radical (unpaired) electrons. The number of carbonyl (C=O) groups excluding carboxylic acids is 2. The van der Waals surface area contributed by atoms with Crippen LogP contribution in [0.15, 0.2) is 47.3 Å². The Kier molecular flexibility index (Phi) is 7.35. The van der Waals surface area contributed by atoms with Gasteiger partial charge in [-0.05, 0) is 48.3 Å². The Morgan fingerprint density at radius 2 is 1.83 bits per heavy atom. The van der Waals surface area contributed by atoms with E-state index in [-0.39, 0.29) is 29.7 Å². The number of amides is 2. The molecule has 3 rings (SSSR count). The Labute approximate surface area is 179 Å². The van der Waals surface area contributed by atoms with Crippen LogP contribution in [0.1, 0.15) is 80.4 Å². The SMILES string of the molecule is CCC(C)c1ccc(C(NC(=O)C2CCCN(C(=O)c3ccoc3)C2)C(C)C)cc1. The molecule has 0 bridgehead atoms. The Morgan fingerprint density at radius 1 is 1.13 bits per heavy atom. The maximum Gasteiger partial charge on any atom is 0.257 e. The molecule has 2 aromatic rings. The summed E-state index contributed by atoms with van der Waals surface area (Å²) in [4.78, 5) is 27.5. The van der Waals surface area contributed by atoms with Crippen molar-refractivity contribution in [1.29, 1.82) is 0 Å². The van der Waals surface area contributed by atoms with E-state index in [0.717, 1.165) is 24.8 Å². The second-order valence-corrected chi connectivity index (χ2v) is 8.81. The molecule has 1 aromatic carbocycles. The standard InChI is InChI=1S/C25H34N2O3/c1-5-18(4)19-8-10-20(11-9-19)23(17(2)3)26-24(28)21-7-6-13-27(15-21)25(29)22-12-14-30-16-22/h8-12,14,16-18,21,23H,5-7,13,15H2,1-4H3,(H,26,28). The summed E-state index contributed by atoms with van der Waals surface area (Å²) in [5, 5.41) is 3.26. The molecule has 162 valence electrons. The van der Waals surface area contributed by atoms with Crippen LogP contribution in [0, 0.1) is 11.8 Å². The highest BCUT2D eigenvalue weighted by atomic mass is 16.3. The summed E-state index contributed by atoms with van der Waals surface area (Å²) in [6.07, 6.45) is 5.71. The Morgan fingerprint density at radius 3 is 2.43 bits per heavy atom. The normalized spacial score (nSPS) is 18.8. The van der Waals surface area contributed by atoms with Gasteiger partial charge in [0.15, 0.2) is 0 Å². The van der Waals surface area contributed by atoms with Gasteiger partial charge in [-0.1, -0.05) is 52.0 Å². The lowest BCUT2D eigenvalue weighted by Gasteiger charge is -2.33. The van der Waals surface area contributed by atoms with Gasteiger partial charge >= 0.3 is 0 Å². The Hall–Kier alpha value is -2.56. The first kappa shape index (κ1) is 22.1. The zero-order valence-electron chi connectivity index (χ0n) is 18.6. The van der Waals surface area contributed by atoms with E-state index in [1.165, 1.54) is 18.1 Å². The molecule has 1 aliphatic heterocycles. The number of nitrogens with one attached hydrogen (secondary N) is 1. The molecule has 2 amide bonds. The molecule has 0 saturated carbocycles. The molecule has 3 unspecified atom stereocenters. The Balaban J connectivity index is 1.66. The molecule has 2 heterocycles. The van der Waals surface area contributed by atoms with Gasteiger partial charge in [-0.2, -0.15) is 0 Å². The van der Waals surface area contributed by atoms with Crippen molar-refractivity contribution in [2.24, 2.45) is 11.8 Å². The van der Waals surface area contributed by atoms with Gasteiger partial charge in [0.05, 0.1) is 23.8 Å². The van der Waals surface area contributed by atoms with E-state index in [2.05, 4.69) is 57.3 Å². The zero-order valence-corrected chi connectivity index (χ0v) is 18.6. The molecule has 1 aliphatic rings. The predicted octanol–water partition coefficient (Wildman–Crippen LogP) is 5.16. The molecule has 1 N–H and O–H groups in total. The lowest BCUT2D eigenvalue weighted by Crippen LogP contribution is -2.46. The molecule has 5 nitrogen and oxygen atoms in total. The van der Waals surface area contributed by atoms with Crippen molar-refractivity contribution in [1.82, 2.24) is 10.2 Å². The molecular weight excluding hydrogens is 376 g/mol. The number of nitrogens with zero attached hydrogens (tertiary/aromatic N) is 1. The largest absolute Gasteiger partial charge is 0.472 e. The number of furan rings is 1. The number of benzene rings is 1. The monoisotopic (exact) mass is 410 g/mol. The van der Waals surface area contributed by atoms with Crippen LogP contribution in [-0.4, -0.2) is 29.8 Å². The zero-order chi connectivity index (χ0) is 21.7. The summed E-state index contributed by atoms with van der Waals surface area (Å²) in [5.74, 6) is 0.588. The van der Waals surface area contributed by atoms with Gasteiger partial charge in [-0.25, -0.2) is 0 Å². The van der Waals surface area contributed by atoms with Gasteiger partial charge in [0, 0.05) is 13.1 Å². The van der Waals surface area contributed by atoms with Crippen LogP contribution in [0.25, 0.3) is 0 Å². The summed E-state index contributed by atoms with van der Waals surface area (Å²) in [5.41, 5.74) is 3.00. The van der Waals surface area contributed by atoms with Gasteiger partial charge < -0.3 is 14.6 Å². The summed E-state index contributed by atoms with van der Waals surface area (Å²) < 4.78 is 5.03. The first-order valence-corrected chi connectivity index (χ1v) is 11.1. The van der Waals surface area contributed by atoms with E-state index in [1.807, 2.05) is 0 Å². The van der Waals surface area contributed by atoms with E-state index in [9.17, 15) is 9.59 Å². The summed E-state index contributed by atoms with van der Waals surface area (Å²) in [7, 11) is 0. The minimum Gasteiger partial charge on any atom is -0.472 e. The fraction of sp³-hybridized carbons (Fsp3) is 0.520. The van der Waals surface area contributed by atoms with Gasteiger partial charge in [0.1, 0.15) is 6.26 Å². The average Bonchev–Trinajstić information content (AvgIpc) is 3.31. The lowest BCUT2D eigenvalue weighted by atomic mass is 9.91. The van der Waals surface area contributed by atoms with Gasteiger partial charge in [0.25, 0.3) is 5.91 Å². The van der Waals surface area contributed by atoms with Crippen LogP contribution in [0.5, 0.6) is 0 Å². The maximum absolute atomic E-state index is 13.1. The third kappa shape index (κ3) is 5.13. The summed E-state index contributed by atoms with van der Waals surface area (Å²) >= 11 is 0. The van der Waals surface area contributed by atoms with Crippen LogP contribution in [0.4, 0.5) is 0 Å². The first-order chi connectivity index (χ1) is 14.4. The molecule has 30 heavy (non-hydrogen) atoms. The van der Waals surface area contributed by atoms with Crippen LogP contribution in [0.3, 0.4) is 0 Å². The highest BCUT2D eigenvalue weighted by Gasteiger charge is 2.31. The fourth-order valence-corrected chi connectivity index (χ4v) is 4.12. The molecule has 5 heteroatoms. The lowest BCUT2D eigenvalue weighted by molar-refractivity contribution is -0.127. The van der Waals surface area contributed by atoms with E-state index >= 15 is 0 Å². The second-order valence-electron chi connectivity index (χ2n) is 8.81. The maximum atomic E-state index is 13.1. The van der Waals surface area contributed by atoms with Crippen molar-refractivity contribution >= 4 is 11.8 Å². The number of piperidine rings is 1. The van der Waals surface area contributed by atoms with Crippen molar-refractivity contribution in [3.63, 3.8) is 0 Å². The topological polar surface area (TPSA) is 62.6 Å². The molecular formula is C25H34N2O3. The number of rotatable bonds is 7. The van der Waals surface area contributed by atoms with Crippen LogP contribution in [0.2, 0.25) is 0 Å². The van der Waals surface area contributed by atoms with Crippen LogP contribution >= 0.6 is 0 Å². The van der Waals surface area contributed by atoms with Gasteiger partial charge in [-0.3, -0.25) is 9.59 Å². The molecule has 0 spiro atoms. The second kappa shape index (κ2) is 9.96. The van der Waals surface area contributed by atoms with Crippen molar-refractivity contribution < 1.29 is 14.0 Å². The number of hydrogen-bond donors (Lipinski definition) is 1. The highest BCUT2D eigenvalue weighted by molar-refractivity contribution is 5.94. The quantitative estimate of drug-likeness (QED) is 0.686. The van der Waals surface area contributed by atoms with Crippen molar-refractivity contribution in [2.45, 2.75) is 58.9 Å². The summed E-state index contributed by atoms with van der Waals surface area (Å²) in [6, 6.07) is 10.3. The van der Waals surface area contributed by atoms with Gasteiger partial charge in [0.2, 0.25) is 5.91 Å². The van der Waals surface area contributed by atoms with Crippen LogP contribution < -0.4 is 5.32 Å². The fourth-order valence-electron chi connectivity index (χ4n) is 4.12. The number of carbonyl (C=O) groups is 2. The molecule has 1 aromatic heterocycles. The smallest absolute Gasteiger partial charge is 0.257 e. The molecule has 1 fully saturated rings. The third-order valence-corrected chi connectivity index (χ3v) is 6.29.